The number of carbonyl (C=O) groups is 2. The van der Waals surface area contributed by atoms with Gasteiger partial charge in [0.2, 0.25) is 0 Å². The average molecular weight is 500 g/mol. The molecule has 3 rings (SSSR count). The van der Waals surface area contributed by atoms with E-state index in [1.807, 2.05) is 19.2 Å². The molecule has 2 aliphatic rings. The van der Waals surface area contributed by atoms with Crippen molar-refractivity contribution in [3.63, 3.8) is 0 Å². The summed E-state index contributed by atoms with van der Waals surface area (Å²) in [4.78, 5) is 26.6. The van der Waals surface area contributed by atoms with Gasteiger partial charge < -0.3 is 15.5 Å². The first-order chi connectivity index (χ1) is 15.6. The van der Waals surface area contributed by atoms with Gasteiger partial charge in [-0.05, 0) is 60.5 Å². The summed E-state index contributed by atoms with van der Waals surface area (Å²) in [5.74, 6) is -0.293. The van der Waals surface area contributed by atoms with Gasteiger partial charge in [-0.15, -0.1) is 0 Å². The minimum Gasteiger partial charge on any atom is -0.390 e. The van der Waals surface area contributed by atoms with E-state index in [-0.39, 0.29) is 35.9 Å². The molecule has 1 fully saturated rings. The van der Waals surface area contributed by atoms with Crippen molar-refractivity contribution < 1.29 is 22.8 Å². The smallest absolute Gasteiger partial charge is 0.390 e. The van der Waals surface area contributed by atoms with Crippen molar-refractivity contribution in [2.24, 2.45) is 5.92 Å². The molecule has 1 aromatic carbocycles. The predicted octanol–water partition coefficient (Wildman–Crippen LogP) is 4.53. The molecule has 178 valence electrons. The lowest BCUT2D eigenvalue weighted by atomic mass is 9.93. The van der Waals surface area contributed by atoms with E-state index in [0.717, 1.165) is 11.1 Å². The molecule has 0 unspecified atom stereocenters. The van der Waals surface area contributed by atoms with Gasteiger partial charge in [0.15, 0.2) is 0 Å². The van der Waals surface area contributed by atoms with Crippen LogP contribution >= 0.6 is 23.4 Å². The highest BCUT2D eigenvalue weighted by Crippen LogP contribution is 2.29. The predicted molar refractivity (Wildman–Crippen MR) is 125 cm³/mol. The van der Waals surface area contributed by atoms with Crippen molar-refractivity contribution in [1.82, 2.24) is 15.5 Å². The molecule has 2 amide bonds. The highest BCUT2D eigenvalue weighted by Gasteiger charge is 2.31. The summed E-state index contributed by atoms with van der Waals surface area (Å²) in [6.07, 6.45) is 6.08. The number of thioether (sulfide) groups is 1. The van der Waals surface area contributed by atoms with Crippen molar-refractivity contribution in [3.05, 3.63) is 69.9 Å². The molecule has 1 heterocycles. The molecule has 10 heteroatoms. The molecule has 0 saturated carbocycles. The Morgan fingerprint density at radius 1 is 1.24 bits per heavy atom. The molecule has 0 spiro atoms. The van der Waals surface area contributed by atoms with Gasteiger partial charge in [0.25, 0.3) is 11.8 Å². The first-order valence-corrected chi connectivity index (χ1v) is 11.8. The molecule has 1 aromatic rings. The van der Waals surface area contributed by atoms with Crippen LogP contribution in [-0.4, -0.2) is 54.2 Å². The lowest BCUT2D eigenvalue weighted by Gasteiger charge is -2.39. The fourth-order valence-corrected chi connectivity index (χ4v) is 4.14. The number of halogens is 4. The van der Waals surface area contributed by atoms with Crippen LogP contribution in [0.2, 0.25) is 5.02 Å². The molecule has 0 aromatic heterocycles. The maximum absolute atomic E-state index is 12.4. The van der Waals surface area contributed by atoms with Crippen LogP contribution in [0.15, 0.2) is 59.3 Å². The first kappa shape index (κ1) is 25.2. The molecule has 1 aliphatic heterocycles. The van der Waals surface area contributed by atoms with Crippen LogP contribution in [0.1, 0.15) is 23.7 Å². The Labute approximate surface area is 200 Å². The summed E-state index contributed by atoms with van der Waals surface area (Å²) < 4.78 is 36.6. The fourth-order valence-electron chi connectivity index (χ4n) is 3.58. The van der Waals surface area contributed by atoms with E-state index in [4.69, 9.17) is 11.6 Å². The van der Waals surface area contributed by atoms with Crippen molar-refractivity contribution in [2.45, 2.75) is 18.9 Å². The van der Waals surface area contributed by atoms with Crippen LogP contribution < -0.4 is 10.6 Å². The summed E-state index contributed by atoms with van der Waals surface area (Å²) in [6, 6.07) is 6.83. The third-order valence-corrected chi connectivity index (χ3v) is 6.41. The fraction of sp³-hybridized carbons (Fsp3) is 0.391. The Morgan fingerprint density at radius 3 is 2.61 bits per heavy atom. The van der Waals surface area contributed by atoms with E-state index in [1.165, 1.54) is 0 Å². The third kappa shape index (κ3) is 7.30. The molecule has 33 heavy (non-hydrogen) atoms. The van der Waals surface area contributed by atoms with Gasteiger partial charge in [-0.1, -0.05) is 23.8 Å². The van der Waals surface area contributed by atoms with Crippen LogP contribution in [-0.2, 0) is 4.79 Å². The number of hydrogen-bond donors (Lipinski definition) is 2. The van der Waals surface area contributed by atoms with E-state index in [2.05, 4.69) is 10.6 Å². The Hall–Kier alpha value is -2.39. The van der Waals surface area contributed by atoms with Gasteiger partial charge >= 0.3 is 5.51 Å². The second kappa shape index (κ2) is 11.2. The number of hydrogen-bond acceptors (Lipinski definition) is 4. The Bertz CT molecular complexity index is 968. The largest absolute Gasteiger partial charge is 0.441 e. The maximum Gasteiger partial charge on any atom is 0.441 e. The van der Waals surface area contributed by atoms with E-state index in [9.17, 15) is 22.8 Å². The summed E-state index contributed by atoms with van der Waals surface area (Å²) >= 11 is 5.71. The summed E-state index contributed by atoms with van der Waals surface area (Å²) in [5, 5.41) is 6.41. The Kier molecular flexibility index (Phi) is 8.53. The highest BCUT2D eigenvalue weighted by atomic mass is 35.5. The van der Waals surface area contributed by atoms with Gasteiger partial charge in [0.1, 0.15) is 0 Å². The van der Waals surface area contributed by atoms with Crippen LogP contribution in [0.4, 0.5) is 13.2 Å². The zero-order valence-electron chi connectivity index (χ0n) is 18.0. The second-order valence-electron chi connectivity index (χ2n) is 7.86. The van der Waals surface area contributed by atoms with Gasteiger partial charge in [-0.2, -0.15) is 13.2 Å². The third-order valence-electron chi connectivity index (χ3n) is 5.42. The Balaban J connectivity index is 1.44. The average Bonchev–Trinajstić information content (AvgIpc) is 2.73. The van der Waals surface area contributed by atoms with Crippen LogP contribution in [0.25, 0.3) is 0 Å². The summed E-state index contributed by atoms with van der Waals surface area (Å²) in [7, 11) is 0. The number of carbonyl (C=O) groups excluding carboxylic acids is 2. The van der Waals surface area contributed by atoms with Gasteiger partial charge in [0, 0.05) is 60.2 Å². The van der Waals surface area contributed by atoms with Gasteiger partial charge in [0.05, 0.1) is 0 Å². The molecular formula is C23H25ClF3N3O2S. The highest BCUT2D eigenvalue weighted by molar-refractivity contribution is 8.00. The molecule has 0 atom stereocenters. The Morgan fingerprint density at radius 2 is 1.94 bits per heavy atom. The number of allylic oxidation sites excluding steroid dienone is 3. The number of amides is 2. The lowest BCUT2D eigenvalue weighted by molar-refractivity contribution is -0.117. The normalized spacial score (nSPS) is 17.8. The van der Waals surface area contributed by atoms with E-state index >= 15 is 0 Å². The SMILES string of the molecule is CC1=C(C(=O)NCCSC(F)(F)F)C=CC/C1=C\NCC1CN(C(=O)c2ccc(Cl)cc2)C1. The van der Waals surface area contributed by atoms with E-state index in [1.54, 1.807) is 35.2 Å². The van der Waals surface area contributed by atoms with Gasteiger partial charge in [-0.3, -0.25) is 9.59 Å². The minimum atomic E-state index is -4.30. The van der Waals surface area contributed by atoms with E-state index < -0.39 is 5.51 Å². The number of benzene rings is 1. The number of rotatable bonds is 8. The number of alkyl halides is 3. The lowest BCUT2D eigenvalue weighted by Crippen LogP contribution is -2.52. The quantitative estimate of drug-likeness (QED) is 0.516. The van der Waals surface area contributed by atoms with Crippen molar-refractivity contribution in [2.75, 3.05) is 31.9 Å². The van der Waals surface area contributed by atoms with Crippen molar-refractivity contribution in [3.8, 4) is 0 Å². The van der Waals surface area contributed by atoms with Crippen molar-refractivity contribution in [1.29, 1.82) is 0 Å². The maximum atomic E-state index is 12.4. The number of likely N-dealkylation sites (tertiary alicyclic amines) is 1. The molecule has 0 radical (unpaired) electrons. The molecule has 1 saturated heterocycles. The molecule has 1 aliphatic carbocycles. The second-order valence-corrected chi connectivity index (χ2v) is 9.45. The number of nitrogens with zero attached hydrogens (tertiary/aromatic N) is 1. The monoisotopic (exact) mass is 499 g/mol. The molecular weight excluding hydrogens is 475 g/mol. The number of nitrogens with one attached hydrogen (secondary N) is 2. The standard InChI is InChI=1S/C23H25ClF3N3O2S/c1-15-18(3-2-4-20(15)21(31)29-9-10-33-23(25,26)27)12-28-11-16-13-30(14-16)22(32)17-5-7-19(24)8-6-17/h2,4-8,12,16,28H,3,9-11,13-14H2,1H3,(H,29,31)/b18-12+. The van der Waals surface area contributed by atoms with E-state index in [0.29, 0.717) is 48.1 Å². The van der Waals surface area contributed by atoms with Crippen LogP contribution in [0.3, 0.4) is 0 Å². The molecule has 2 N–H and O–H groups in total. The molecule has 0 bridgehead atoms. The first-order valence-electron chi connectivity index (χ1n) is 10.5. The molecule has 5 nitrogen and oxygen atoms in total. The van der Waals surface area contributed by atoms with Gasteiger partial charge in [-0.25, -0.2) is 0 Å². The topological polar surface area (TPSA) is 61.4 Å². The van der Waals surface area contributed by atoms with Crippen LogP contribution in [0, 0.1) is 5.92 Å². The minimum absolute atomic E-state index is 0.0123. The zero-order valence-corrected chi connectivity index (χ0v) is 19.6. The zero-order chi connectivity index (χ0) is 24.0. The summed E-state index contributed by atoms with van der Waals surface area (Å²) in [5.41, 5.74) is -1.49. The van der Waals surface area contributed by atoms with Crippen molar-refractivity contribution >= 4 is 35.2 Å². The van der Waals surface area contributed by atoms with Crippen LogP contribution in [0.5, 0.6) is 0 Å². The summed E-state index contributed by atoms with van der Waals surface area (Å²) in [6.45, 7) is 3.79.